The molecule has 7 heteroatoms. The molecule has 0 saturated heterocycles. The molecule has 0 aliphatic heterocycles. The minimum absolute atomic E-state index is 0.0148. The fourth-order valence-electron chi connectivity index (χ4n) is 1.08. The predicted molar refractivity (Wildman–Crippen MR) is 67.3 cm³/mol. The van der Waals surface area contributed by atoms with E-state index in [1.54, 1.807) is 22.6 Å². The minimum Gasteiger partial charge on any atom is -0.293 e. The molecule has 0 unspecified atom stereocenters. The number of alkyl halides is 4. The van der Waals surface area contributed by atoms with E-state index in [1.807, 2.05) is 0 Å². The lowest BCUT2D eigenvalue weighted by atomic mass is 10.0. The summed E-state index contributed by atoms with van der Waals surface area (Å²) in [5.74, 6) is -0.623. The molecule has 1 nitrogen and oxygen atoms in total. The van der Waals surface area contributed by atoms with Gasteiger partial charge in [0, 0.05) is 9.13 Å². The van der Waals surface area contributed by atoms with Gasteiger partial charge in [-0.05, 0) is 34.7 Å². The van der Waals surface area contributed by atoms with E-state index in [4.69, 9.17) is 11.6 Å². The molecule has 0 aliphatic rings. The molecule has 88 valence electrons. The molecule has 0 N–H and O–H groups in total. The van der Waals surface area contributed by atoms with Crippen LogP contribution in [-0.2, 0) is 6.18 Å². The van der Waals surface area contributed by atoms with Crippen LogP contribution >= 0.6 is 50.1 Å². The minimum atomic E-state index is -4.58. The summed E-state index contributed by atoms with van der Waals surface area (Å²) in [6.07, 6.45) is -4.58. The number of carbonyl (C=O) groups excluding carboxylic acids is 1. The summed E-state index contributed by atoms with van der Waals surface area (Å²) in [7, 11) is 0. The van der Waals surface area contributed by atoms with Gasteiger partial charge >= 0.3 is 6.18 Å². The number of benzene rings is 1. The molecule has 0 heterocycles. The number of Topliss-reactive ketones (excluding diaryl/α,β-unsaturated/α-hetero) is 1. The number of carbonyl (C=O) groups is 1. The smallest absolute Gasteiger partial charge is 0.293 e. The zero-order chi connectivity index (χ0) is 12.5. The van der Waals surface area contributed by atoms with Crippen molar-refractivity contribution in [2.24, 2.45) is 0 Å². The molecule has 0 atom stereocenters. The molecule has 0 bridgehead atoms. The maximum atomic E-state index is 12.6. The van der Waals surface area contributed by atoms with E-state index in [2.05, 4.69) is 15.9 Å². The summed E-state index contributed by atoms with van der Waals surface area (Å²) >= 11 is 10.2. The van der Waals surface area contributed by atoms with Crippen molar-refractivity contribution in [3.63, 3.8) is 0 Å². The van der Waals surface area contributed by atoms with E-state index < -0.39 is 17.5 Å². The van der Waals surface area contributed by atoms with Gasteiger partial charge in [0.2, 0.25) is 0 Å². The first-order chi connectivity index (χ1) is 7.27. The monoisotopic (exact) mass is 426 g/mol. The van der Waals surface area contributed by atoms with Crippen LogP contribution in [0.5, 0.6) is 0 Å². The Kier molecular flexibility index (Phi) is 4.65. The van der Waals surface area contributed by atoms with Crippen molar-refractivity contribution in [1.29, 1.82) is 0 Å². The van der Waals surface area contributed by atoms with E-state index in [-0.39, 0.29) is 15.9 Å². The van der Waals surface area contributed by atoms with Gasteiger partial charge in [-0.25, -0.2) is 0 Å². The molecule has 0 fully saturated rings. The van der Waals surface area contributed by atoms with Crippen molar-refractivity contribution in [1.82, 2.24) is 0 Å². The Morgan fingerprint density at radius 1 is 1.44 bits per heavy atom. The van der Waals surface area contributed by atoms with E-state index in [0.717, 1.165) is 12.1 Å². The summed E-state index contributed by atoms with van der Waals surface area (Å²) in [4.78, 5) is 11.4. The van der Waals surface area contributed by atoms with Crippen LogP contribution in [0, 0.1) is 3.57 Å². The third kappa shape index (κ3) is 3.10. The first-order valence-corrected chi connectivity index (χ1v) is 6.50. The number of hydrogen-bond acceptors (Lipinski definition) is 1. The largest absolute Gasteiger partial charge is 0.417 e. The van der Waals surface area contributed by atoms with E-state index >= 15 is 0 Å². The fourth-order valence-corrected chi connectivity index (χ4v) is 2.02. The van der Waals surface area contributed by atoms with Crippen molar-refractivity contribution in [2.75, 3.05) is 5.33 Å². The standard InChI is InChI=1S/C9H4BrClF3IO/c10-3-8(16)4-1-7(15)6(11)2-5(4)9(12,13)14/h1-2H,3H2. The van der Waals surface area contributed by atoms with Gasteiger partial charge in [-0.3, -0.25) is 4.79 Å². The van der Waals surface area contributed by atoms with Crippen LogP contribution < -0.4 is 0 Å². The molecule has 0 radical (unpaired) electrons. The first kappa shape index (κ1) is 14.2. The highest BCUT2D eigenvalue weighted by Gasteiger charge is 2.35. The molecule has 0 saturated carbocycles. The maximum absolute atomic E-state index is 12.6. The molecule has 16 heavy (non-hydrogen) atoms. The summed E-state index contributed by atoms with van der Waals surface area (Å²) < 4.78 is 38.3. The SMILES string of the molecule is O=C(CBr)c1cc(I)c(Cl)cc1C(F)(F)F. The summed E-state index contributed by atoms with van der Waals surface area (Å²) in [5, 5.41) is -0.174. The van der Waals surface area contributed by atoms with Crippen LogP contribution in [0.15, 0.2) is 12.1 Å². The number of hydrogen-bond donors (Lipinski definition) is 0. The second kappa shape index (κ2) is 5.22. The summed E-state index contributed by atoms with van der Waals surface area (Å²) in [6.45, 7) is 0. The highest BCUT2D eigenvalue weighted by atomic mass is 127. The normalized spacial score (nSPS) is 11.6. The average molecular weight is 427 g/mol. The Hall–Kier alpha value is 0.180. The lowest BCUT2D eigenvalue weighted by Crippen LogP contribution is -2.14. The van der Waals surface area contributed by atoms with Crippen molar-refractivity contribution in [3.8, 4) is 0 Å². The molecule has 1 aromatic carbocycles. The van der Waals surface area contributed by atoms with Gasteiger partial charge in [0.15, 0.2) is 5.78 Å². The molecule has 0 amide bonds. The summed E-state index contributed by atoms with van der Waals surface area (Å²) in [6, 6.07) is 1.93. The van der Waals surface area contributed by atoms with Crippen LogP contribution in [0.3, 0.4) is 0 Å². The highest BCUT2D eigenvalue weighted by Crippen LogP contribution is 2.36. The maximum Gasteiger partial charge on any atom is 0.417 e. The second-order valence-corrected chi connectivity index (χ2v) is 5.00. The number of rotatable bonds is 2. The Morgan fingerprint density at radius 3 is 2.44 bits per heavy atom. The molecule has 0 aliphatic carbocycles. The van der Waals surface area contributed by atoms with Crippen LogP contribution in [-0.4, -0.2) is 11.1 Å². The van der Waals surface area contributed by atoms with Crippen molar-refractivity contribution < 1.29 is 18.0 Å². The predicted octanol–water partition coefficient (Wildman–Crippen LogP) is 4.54. The van der Waals surface area contributed by atoms with Crippen LogP contribution in [0.4, 0.5) is 13.2 Å². The van der Waals surface area contributed by atoms with Gasteiger partial charge in [-0.2, -0.15) is 13.2 Å². The van der Waals surface area contributed by atoms with E-state index in [1.165, 1.54) is 0 Å². The van der Waals surface area contributed by atoms with Crippen LogP contribution in [0.1, 0.15) is 15.9 Å². The molecule has 0 aromatic heterocycles. The lowest BCUT2D eigenvalue weighted by Gasteiger charge is -2.12. The Labute approximate surface area is 117 Å². The average Bonchev–Trinajstić information content (AvgIpc) is 2.18. The van der Waals surface area contributed by atoms with Gasteiger partial charge in [0.05, 0.1) is 15.9 Å². The third-order valence-corrected chi connectivity index (χ3v) is 3.82. The Bertz CT molecular complexity index is 433. The topological polar surface area (TPSA) is 17.1 Å². The molecule has 1 rings (SSSR count). The number of ketones is 1. The van der Waals surface area contributed by atoms with Gasteiger partial charge in [0.1, 0.15) is 0 Å². The molecule has 0 spiro atoms. The van der Waals surface area contributed by atoms with Crippen molar-refractivity contribution in [2.45, 2.75) is 6.18 Å². The second-order valence-electron chi connectivity index (χ2n) is 2.87. The quantitative estimate of drug-likeness (QED) is 0.385. The van der Waals surface area contributed by atoms with E-state index in [0.29, 0.717) is 3.57 Å². The van der Waals surface area contributed by atoms with Crippen LogP contribution in [0.2, 0.25) is 5.02 Å². The van der Waals surface area contributed by atoms with Gasteiger partial charge in [0.25, 0.3) is 0 Å². The Balaban J connectivity index is 3.45. The van der Waals surface area contributed by atoms with Gasteiger partial charge in [-0.15, -0.1) is 0 Å². The van der Waals surface area contributed by atoms with Crippen molar-refractivity contribution in [3.05, 3.63) is 31.9 Å². The zero-order valence-electron chi connectivity index (χ0n) is 7.54. The third-order valence-electron chi connectivity index (χ3n) is 1.79. The molecular formula is C9H4BrClF3IO. The Morgan fingerprint density at radius 2 is 2.00 bits per heavy atom. The van der Waals surface area contributed by atoms with Crippen molar-refractivity contribution >= 4 is 55.9 Å². The highest BCUT2D eigenvalue weighted by molar-refractivity contribution is 14.1. The van der Waals surface area contributed by atoms with Gasteiger partial charge < -0.3 is 0 Å². The fraction of sp³-hybridized carbons (Fsp3) is 0.222. The zero-order valence-corrected chi connectivity index (χ0v) is 12.0. The number of halogens is 6. The first-order valence-electron chi connectivity index (χ1n) is 3.92. The summed E-state index contributed by atoms with van der Waals surface area (Å²) in [5.41, 5.74) is -1.36. The van der Waals surface area contributed by atoms with Gasteiger partial charge in [-0.1, -0.05) is 27.5 Å². The molecule has 1 aromatic rings. The molecular weight excluding hydrogens is 423 g/mol. The lowest BCUT2D eigenvalue weighted by molar-refractivity contribution is -0.137. The van der Waals surface area contributed by atoms with Crippen LogP contribution in [0.25, 0.3) is 0 Å². The van der Waals surface area contributed by atoms with E-state index in [9.17, 15) is 18.0 Å².